The summed E-state index contributed by atoms with van der Waals surface area (Å²) < 4.78 is 10.4. The second-order valence-electron chi connectivity index (χ2n) is 5.70. The zero-order valence-electron chi connectivity index (χ0n) is 14.3. The number of methoxy groups -OCH3 is 1. The Hall–Kier alpha value is -3.88. The van der Waals surface area contributed by atoms with E-state index in [0.29, 0.717) is 17.0 Å². The standard InChI is InChI=1S/C18H15N5O4/c1-26-11-6-4-10(5-7-11)15-14(18(24)25)17(23-27-15)20-9-13-12-3-2-8-19-16(12)22-21-13/h2-8H,9H2,1H3,(H,20,23)(H,24,25)(H,19,21,22). The number of fused-ring (bicyclic) bond motifs is 1. The third-order valence-corrected chi connectivity index (χ3v) is 4.10. The van der Waals surface area contributed by atoms with Gasteiger partial charge < -0.3 is 19.7 Å². The number of anilines is 1. The molecule has 3 heterocycles. The molecule has 0 bridgehead atoms. The number of nitrogens with zero attached hydrogens (tertiary/aromatic N) is 3. The molecule has 4 rings (SSSR count). The normalized spacial score (nSPS) is 10.9. The molecule has 9 nitrogen and oxygen atoms in total. The lowest BCUT2D eigenvalue weighted by molar-refractivity contribution is 0.0698. The summed E-state index contributed by atoms with van der Waals surface area (Å²) in [6.07, 6.45) is 1.65. The van der Waals surface area contributed by atoms with Crippen molar-refractivity contribution in [3.63, 3.8) is 0 Å². The molecule has 0 spiro atoms. The summed E-state index contributed by atoms with van der Waals surface area (Å²) in [5.74, 6) is -0.169. The Kier molecular flexibility index (Phi) is 4.17. The van der Waals surface area contributed by atoms with Crippen molar-refractivity contribution in [1.29, 1.82) is 0 Å². The van der Waals surface area contributed by atoms with Gasteiger partial charge in [0, 0.05) is 17.1 Å². The molecule has 0 amide bonds. The maximum absolute atomic E-state index is 11.8. The van der Waals surface area contributed by atoms with E-state index in [4.69, 9.17) is 9.26 Å². The first-order chi connectivity index (χ1) is 13.2. The van der Waals surface area contributed by atoms with Crippen molar-refractivity contribution in [2.75, 3.05) is 12.4 Å². The molecular weight excluding hydrogens is 350 g/mol. The number of aromatic amines is 1. The average molecular weight is 365 g/mol. The van der Waals surface area contributed by atoms with Gasteiger partial charge in [0.2, 0.25) is 0 Å². The van der Waals surface area contributed by atoms with E-state index >= 15 is 0 Å². The van der Waals surface area contributed by atoms with Crippen LogP contribution in [0.15, 0.2) is 47.1 Å². The Bertz CT molecular complexity index is 1100. The van der Waals surface area contributed by atoms with E-state index in [1.54, 1.807) is 37.6 Å². The minimum Gasteiger partial charge on any atom is -0.497 e. The summed E-state index contributed by atoms with van der Waals surface area (Å²) in [4.78, 5) is 15.9. The first kappa shape index (κ1) is 16.6. The highest BCUT2D eigenvalue weighted by atomic mass is 16.5. The number of aromatic nitrogens is 4. The third kappa shape index (κ3) is 3.06. The number of carboxylic acid groups (broad SMARTS) is 1. The number of benzene rings is 1. The fourth-order valence-corrected chi connectivity index (χ4v) is 2.76. The zero-order chi connectivity index (χ0) is 18.8. The summed E-state index contributed by atoms with van der Waals surface area (Å²) in [5, 5.41) is 24.4. The number of ether oxygens (including phenoxy) is 1. The van der Waals surface area contributed by atoms with Gasteiger partial charge in [0.25, 0.3) is 0 Å². The highest BCUT2D eigenvalue weighted by molar-refractivity contribution is 5.99. The van der Waals surface area contributed by atoms with Crippen LogP contribution in [0.25, 0.3) is 22.4 Å². The monoisotopic (exact) mass is 365 g/mol. The molecule has 0 saturated carbocycles. The van der Waals surface area contributed by atoms with Gasteiger partial charge in [-0.05, 0) is 36.4 Å². The highest BCUT2D eigenvalue weighted by Crippen LogP contribution is 2.31. The molecule has 0 aliphatic carbocycles. The predicted molar refractivity (Wildman–Crippen MR) is 96.7 cm³/mol. The Morgan fingerprint density at radius 1 is 1.30 bits per heavy atom. The summed E-state index contributed by atoms with van der Waals surface area (Å²) in [6, 6.07) is 10.6. The quantitative estimate of drug-likeness (QED) is 0.476. The van der Waals surface area contributed by atoms with Crippen molar-refractivity contribution in [1.82, 2.24) is 20.3 Å². The van der Waals surface area contributed by atoms with E-state index in [9.17, 15) is 9.90 Å². The van der Waals surface area contributed by atoms with Crippen molar-refractivity contribution in [2.24, 2.45) is 0 Å². The SMILES string of the molecule is COc1ccc(-c2onc(NCc3[nH]nc4ncccc34)c2C(=O)O)cc1. The van der Waals surface area contributed by atoms with Gasteiger partial charge in [0.15, 0.2) is 22.8 Å². The van der Waals surface area contributed by atoms with Crippen LogP contribution in [-0.2, 0) is 6.54 Å². The number of carbonyl (C=O) groups is 1. The number of nitrogens with one attached hydrogen (secondary N) is 2. The van der Waals surface area contributed by atoms with Crippen LogP contribution in [0.5, 0.6) is 5.75 Å². The van der Waals surface area contributed by atoms with E-state index in [0.717, 1.165) is 11.1 Å². The Morgan fingerprint density at radius 3 is 2.85 bits per heavy atom. The van der Waals surface area contributed by atoms with Crippen molar-refractivity contribution in [2.45, 2.75) is 6.54 Å². The first-order valence-electron chi connectivity index (χ1n) is 8.06. The van der Waals surface area contributed by atoms with Gasteiger partial charge >= 0.3 is 5.97 Å². The number of hydrogen-bond acceptors (Lipinski definition) is 7. The largest absolute Gasteiger partial charge is 0.497 e. The number of aromatic carboxylic acids is 1. The lowest BCUT2D eigenvalue weighted by Gasteiger charge is -2.03. The Labute approximate surface area is 153 Å². The number of hydrogen-bond donors (Lipinski definition) is 3. The highest BCUT2D eigenvalue weighted by Gasteiger charge is 2.24. The molecule has 4 aromatic rings. The molecule has 27 heavy (non-hydrogen) atoms. The molecule has 136 valence electrons. The second kappa shape index (κ2) is 6.79. The van der Waals surface area contributed by atoms with Crippen LogP contribution in [0, 0.1) is 0 Å². The van der Waals surface area contributed by atoms with Gasteiger partial charge in [-0.15, -0.1) is 0 Å². The van der Waals surface area contributed by atoms with E-state index in [1.165, 1.54) is 0 Å². The average Bonchev–Trinajstić information content (AvgIpc) is 3.30. The molecule has 0 fully saturated rings. The molecule has 0 radical (unpaired) electrons. The number of H-pyrrole nitrogens is 1. The minimum absolute atomic E-state index is 0.0397. The first-order valence-corrected chi connectivity index (χ1v) is 8.06. The van der Waals surface area contributed by atoms with Gasteiger partial charge in [-0.2, -0.15) is 5.10 Å². The van der Waals surface area contributed by atoms with Crippen molar-refractivity contribution >= 4 is 22.8 Å². The smallest absolute Gasteiger partial charge is 0.343 e. The summed E-state index contributed by atoms with van der Waals surface area (Å²) >= 11 is 0. The van der Waals surface area contributed by atoms with Gasteiger partial charge in [-0.25, -0.2) is 9.78 Å². The van der Waals surface area contributed by atoms with Crippen molar-refractivity contribution < 1.29 is 19.2 Å². The van der Waals surface area contributed by atoms with Crippen LogP contribution in [0.1, 0.15) is 16.1 Å². The lowest BCUT2D eigenvalue weighted by Crippen LogP contribution is -2.06. The predicted octanol–water partition coefficient (Wildman–Crippen LogP) is 2.93. The minimum atomic E-state index is -1.14. The third-order valence-electron chi connectivity index (χ3n) is 4.10. The maximum Gasteiger partial charge on any atom is 0.343 e. The van der Waals surface area contributed by atoms with E-state index in [-0.39, 0.29) is 23.7 Å². The van der Waals surface area contributed by atoms with E-state index < -0.39 is 5.97 Å². The van der Waals surface area contributed by atoms with Crippen LogP contribution < -0.4 is 10.1 Å². The van der Waals surface area contributed by atoms with Crippen LogP contribution in [0.4, 0.5) is 5.82 Å². The van der Waals surface area contributed by atoms with Crippen molar-refractivity contribution in [3.05, 3.63) is 53.9 Å². The molecule has 1 aromatic carbocycles. The summed E-state index contributed by atoms with van der Waals surface area (Å²) in [7, 11) is 1.56. The lowest BCUT2D eigenvalue weighted by atomic mass is 10.1. The number of pyridine rings is 1. The Morgan fingerprint density at radius 2 is 2.11 bits per heavy atom. The van der Waals surface area contributed by atoms with Gasteiger partial charge in [-0.3, -0.25) is 5.10 Å². The summed E-state index contributed by atoms with van der Waals surface area (Å²) in [6.45, 7) is 0.289. The molecule has 0 aliphatic heterocycles. The fourth-order valence-electron chi connectivity index (χ4n) is 2.76. The molecule has 0 aliphatic rings. The van der Waals surface area contributed by atoms with Crippen molar-refractivity contribution in [3.8, 4) is 17.1 Å². The van der Waals surface area contributed by atoms with Crippen LogP contribution >= 0.6 is 0 Å². The van der Waals surface area contributed by atoms with Gasteiger partial charge in [0.1, 0.15) is 5.75 Å². The maximum atomic E-state index is 11.8. The van der Waals surface area contributed by atoms with Gasteiger partial charge in [-0.1, -0.05) is 5.16 Å². The number of rotatable bonds is 6. The van der Waals surface area contributed by atoms with E-state index in [2.05, 4.69) is 25.7 Å². The van der Waals surface area contributed by atoms with E-state index in [1.807, 2.05) is 12.1 Å². The van der Waals surface area contributed by atoms with Gasteiger partial charge in [0.05, 0.1) is 19.3 Å². The molecule has 9 heteroatoms. The zero-order valence-corrected chi connectivity index (χ0v) is 14.3. The Balaban J connectivity index is 1.63. The number of carboxylic acids is 1. The fraction of sp³-hybridized carbons (Fsp3) is 0.111. The second-order valence-corrected chi connectivity index (χ2v) is 5.70. The molecule has 3 N–H and O–H groups in total. The van der Waals surface area contributed by atoms with Crippen LogP contribution in [0.2, 0.25) is 0 Å². The summed E-state index contributed by atoms with van der Waals surface area (Å²) in [5.41, 5.74) is 1.90. The topological polar surface area (TPSA) is 126 Å². The molecule has 3 aromatic heterocycles. The molecule has 0 atom stereocenters. The van der Waals surface area contributed by atoms with Crippen LogP contribution in [-0.4, -0.2) is 38.5 Å². The molecule has 0 saturated heterocycles. The van der Waals surface area contributed by atoms with Crippen LogP contribution in [0.3, 0.4) is 0 Å². The molecular formula is C18H15N5O4. The molecule has 0 unspecified atom stereocenters.